The van der Waals surface area contributed by atoms with E-state index in [1.54, 1.807) is 0 Å². The molecule has 0 aromatic heterocycles. The second-order valence-corrected chi connectivity index (χ2v) is 17.6. The molecule has 5 heteroatoms. The third-order valence-corrected chi connectivity index (χ3v) is 16.4. The van der Waals surface area contributed by atoms with Crippen molar-refractivity contribution in [2.75, 3.05) is 4.90 Å². The number of rotatable bonds is 3. The van der Waals surface area contributed by atoms with Crippen LogP contribution in [0.15, 0.2) is 174 Å². The van der Waals surface area contributed by atoms with Crippen LogP contribution in [-0.4, -0.2) is 14.8 Å². The van der Waals surface area contributed by atoms with Crippen LogP contribution in [-0.2, 0) is 0 Å². The minimum atomic E-state index is -2.70. The molecule has 48 heavy (non-hydrogen) atoms. The van der Waals surface area contributed by atoms with Crippen molar-refractivity contribution in [3.63, 3.8) is 0 Å². The van der Waals surface area contributed by atoms with Crippen LogP contribution in [0.3, 0.4) is 0 Å². The summed E-state index contributed by atoms with van der Waals surface area (Å²) in [6, 6.07) is 60.7. The smallest absolute Gasteiger partial charge is 0.253 e. The van der Waals surface area contributed by atoms with E-state index in [0.29, 0.717) is 0 Å². The number of nitrogens with zero attached hydrogens (tertiary/aromatic N) is 1. The Morgan fingerprint density at radius 1 is 0.562 bits per heavy atom. The summed E-state index contributed by atoms with van der Waals surface area (Å²) in [4.78, 5) is 5.13. The Bertz CT molecular complexity index is 2300. The van der Waals surface area contributed by atoms with E-state index in [1.807, 2.05) is 11.8 Å². The van der Waals surface area contributed by atoms with Crippen LogP contribution in [0, 0.1) is 6.92 Å². The van der Waals surface area contributed by atoms with Gasteiger partial charge >= 0.3 is 0 Å². The Balaban J connectivity index is 1.30. The first-order valence-corrected chi connectivity index (χ1v) is 19.4. The highest BCUT2D eigenvalue weighted by Crippen LogP contribution is 2.48. The third kappa shape index (κ3) is 3.77. The number of anilines is 3. The number of fused-ring (bicyclic) bond motifs is 6. The molecule has 0 radical (unpaired) electrons. The van der Waals surface area contributed by atoms with Gasteiger partial charge in [-0.2, -0.15) is 0 Å². The normalized spacial score (nSPS) is 14.5. The molecule has 0 amide bonds. The maximum atomic E-state index is 6.78. The molecule has 0 saturated heterocycles. The first-order valence-electron chi connectivity index (χ1n) is 16.6. The molecule has 0 N–H and O–H groups in total. The summed E-state index contributed by atoms with van der Waals surface area (Å²) in [5.74, 6) is 1.95. The lowest BCUT2D eigenvalue weighted by atomic mass is 9.35. The maximum absolute atomic E-state index is 6.78. The van der Waals surface area contributed by atoms with Crippen molar-refractivity contribution < 1.29 is 4.74 Å². The van der Waals surface area contributed by atoms with Crippen LogP contribution in [0.4, 0.5) is 17.1 Å². The van der Waals surface area contributed by atoms with Crippen molar-refractivity contribution in [1.82, 2.24) is 0 Å². The Hall–Kier alpha value is -5.23. The average molecular weight is 648 g/mol. The van der Waals surface area contributed by atoms with Gasteiger partial charge in [0, 0.05) is 21.2 Å². The van der Waals surface area contributed by atoms with Crippen molar-refractivity contribution >= 4 is 80.7 Å². The van der Waals surface area contributed by atoms with Gasteiger partial charge < -0.3 is 9.64 Å². The van der Waals surface area contributed by atoms with Gasteiger partial charge in [-0.1, -0.05) is 151 Å². The van der Waals surface area contributed by atoms with Gasteiger partial charge in [-0.05, 0) is 74.5 Å². The van der Waals surface area contributed by atoms with E-state index in [0.717, 1.165) is 17.1 Å². The van der Waals surface area contributed by atoms with Crippen molar-refractivity contribution in [3.8, 4) is 11.5 Å². The van der Waals surface area contributed by atoms with Gasteiger partial charge in [-0.25, -0.2) is 0 Å². The molecule has 3 aliphatic heterocycles. The SMILES string of the molecule is Cc1cc(N2c3ccccc3[Si](c3ccccc3)(c3ccccc3)c3ccccc32)c2c3c1Oc1ccccc1B3c1ccccc1S2. The quantitative estimate of drug-likeness (QED) is 0.211. The molecule has 0 unspecified atom stereocenters. The van der Waals surface area contributed by atoms with Gasteiger partial charge in [0.1, 0.15) is 11.5 Å². The first kappa shape index (κ1) is 27.8. The van der Waals surface area contributed by atoms with E-state index in [2.05, 4.69) is 176 Å². The Kier molecular flexibility index (Phi) is 6.17. The highest BCUT2D eigenvalue weighted by atomic mass is 32.2. The van der Waals surface area contributed by atoms with Crippen LogP contribution in [0.1, 0.15) is 5.56 Å². The molecule has 7 aromatic rings. The predicted octanol–water partition coefficient (Wildman–Crippen LogP) is 6.24. The van der Waals surface area contributed by atoms with Crippen LogP contribution in [0.25, 0.3) is 0 Å². The zero-order valence-corrected chi connectivity index (χ0v) is 28.2. The number of ether oxygens (including phenoxy) is 1. The van der Waals surface area contributed by atoms with Crippen molar-refractivity contribution in [1.29, 1.82) is 0 Å². The van der Waals surface area contributed by atoms with Crippen LogP contribution < -0.4 is 46.8 Å². The number of benzene rings is 7. The predicted molar refractivity (Wildman–Crippen MR) is 205 cm³/mol. The lowest BCUT2D eigenvalue weighted by Crippen LogP contribution is -2.77. The highest BCUT2D eigenvalue weighted by Gasteiger charge is 2.50. The molecular weight excluding hydrogens is 617 g/mol. The maximum Gasteiger partial charge on any atom is 0.253 e. The van der Waals surface area contributed by atoms with E-state index in [1.165, 1.54) is 64.0 Å². The van der Waals surface area contributed by atoms with Gasteiger partial charge in [0.25, 0.3) is 6.71 Å². The summed E-state index contributed by atoms with van der Waals surface area (Å²) >= 11 is 1.88. The van der Waals surface area contributed by atoms with Gasteiger partial charge in [-0.3, -0.25) is 0 Å². The van der Waals surface area contributed by atoms with E-state index in [9.17, 15) is 0 Å². The molecule has 3 heterocycles. The fourth-order valence-electron chi connectivity index (χ4n) is 8.45. The molecule has 226 valence electrons. The zero-order chi connectivity index (χ0) is 31.8. The fraction of sp³-hybridized carbons (Fsp3) is 0.0233. The zero-order valence-electron chi connectivity index (χ0n) is 26.4. The Morgan fingerprint density at radius 3 is 1.77 bits per heavy atom. The monoisotopic (exact) mass is 647 g/mol. The largest absolute Gasteiger partial charge is 0.458 e. The summed E-state index contributed by atoms with van der Waals surface area (Å²) in [7, 11) is -2.70. The van der Waals surface area contributed by atoms with Crippen LogP contribution in [0.2, 0.25) is 0 Å². The molecule has 0 spiro atoms. The van der Waals surface area contributed by atoms with Gasteiger partial charge in [0.05, 0.1) is 5.69 Å². The first-order chi connectivity index (χ1) is 23.7. The summed E-state index contributed by atoms with van der Waals surface area (Å²) < 4.78 is 6.78. The molecule has 0 fully saturated rings. The molecule has 10 rings (SSSR count). The van der Waals surface area contributed by atoms with Gasteiger partial charge in [0.2, 0.25) is 0 Å². The molecular formula is C43H30BNOSSi. The molecule has 0 bridgehead atoms. The van der Waals surface area contributed by atoms with Crippen LogP contribution in [0.5, 0.6) is 11.5 Å². The average Bonchev–Trinajstić information content (AvgIpc) is 3.15. The van der Waals surface area contributed by atoms with Crippen molar-refractivity contribution in [3.05, 3.63) is 169 Å². The number of hydrogen-bond donors (Lipinski definition) is 0. The third-order valence-electron chi connectivity index (χ3n) is 10.4. The summed E-state index contributed by atoms with van der Waals surface area (Å²) in [5.41, 5.74) is 8.72. The van der Waals surface area contributed by atoms with E-state index >= 15 is 0 Å². The molecule has 0 atom stereocenters. The van der Waals surface area contributed by atoms with Crippen LogP contribution >= 0.6 is 11.8 Å². The van der Waals surface area contributed by atoms with Crippen molar-refractivity contribution in [2.45, 2.75) is 16.7 Å². The summed E-state index contributed by atoms with van der Waals surface area (Å²) in [6.07, 6.45) is 0. The van der Waals surface area contributed by atoms with Gasteiger partial charge in [-0.15, -0.1) is 0 Å². The Morgan fingerprint density at radius 2 is 1.10 bits per heavy atom. The second kappa shape index (κ2) is 10.6. The van der Waals surface area contributed by atoms with E-state index in [-0.39, 0.29) is 6.71 Å². The highest BCUT2D eigenvalue weighted by molar-refractivity contribution is 8.00. The molecule has 0 saturated carbocycles. The number of hydrogen-bond acceptors (Lipinski definition) is 3. The fourth-order valence-corrected chi connectivity index (χ4v) is 14.8. The van der Waals surface area contributed by atoms with Crippen molar-refractivity contribution in [2.24, 2.45) is 0 Å². The molecule has 3 aliphatic rings. The minimum absolute atomic E-state index is 0.105. The standard InChI is InChI=1S/C43H30BNOSSi/c1-29-28-36(43-41-42(29)46-37-24-12-8-20-32(37)44(41)33-21-9-13-25-38(33)47-43)45-34-22-10-14-26-39(34)48(30-16-4-2-5-17-30,31-18-6-3-7-19-31)40-27-15-11-23-35(40)45/h2-28H,1H3. The number of aryl methyl sites for hydroxylation is 1. The van der Waals surface area contributed by atoms with E-state index < -0.39 is 8.07 Å². The minimum Gasteiger partial charge on any atom is -0.458 e. The molecule has 2 nitrogen and oxygen atoms in total. The lowest BCUT2D eigenvalue weighted by Gasteiger charge is -2.46. The van der Waals surface area contributed by atoms with Gasteiger partial charge in [0.15, 0.2) is 8.07 Å². The molecule has 0 aliphatic carbocycles. The topological polar surface area (TPSA) is 12.5 Å². The lowest BCUT2D eigenvalue weighted by molar-refractivity contribution is 0.482. The number of para-hydroxylation sites is 3. The summed E-state index contributed by atoms with van der Waals surface area (Å²) in [6.45, 7) is 2.32. The van der Waals surface area contributed by atoms with E-state index in [4.69, 9.17) is 4.74 Å². The second-order valence-electron chi connectivity index (χ2n) is 12.8. The summed E-state index contributed by atoms with van der Waals surface area (Å²) in [5, 5.41) is 5.60. The molecule has 7 aromatic carbocycles. The Labute approximate surface area is 286 Å².